The summed E-state index contributed by atoms with van der Waals surface area (Å²) >= 11 is 0. The third-order valence-electron chi connectivity index (χ3n) is 15.9. The van der Waals surface area contributed by atoms with Crippen molar-refractivity contribution in [2.75, 3.05) is 0 Å². The van der Waals surface area contributed by atoms with Gasteiger partial charge in [-0.3, -0.25) is 4.98 Å². The van der Waals surface area contributed by atoms with Gasteiger partial charge in [-0.05, 0) is 177 Å². The highest BCUT2D eigenvalue weighted by atomic mass is 15.1. The van der Waals surface area contributed by atoms with Gasteiger partial charge in [0.25, 0.3) is 0 Å². The molecule has 0 atom stereocenters. The third kappa shape index (κ3) is 6.97. The van der Waals surface area contributed by atoms with E-state index in [4.69, 9.17) is 4.98 Å². The van der Waals surface area contributed by atoms with Gasteiger partial charge in [-0.15, -0.1) is 0 Å². The molecule has 5 aromatic heterocycles. The summed E-state index contributed by atoms with van der Waals surface area (Å²) in [5.41, 5.74) is 11.8. The lowest BCUT2D eigenvalue weighted by Crippen LogP contribution is -2.16. The Kier molecular flexibility index (Phi) is 10.8. The van der Waals surface area contributed by atoms with E-state index in [1.165, 1.54) is 0 Å². The smallest absolute Gasteiger partial charge is 0.104 e. The van der Waals surface area contributed by atoms with E-state index in [-0.39, 0.29) is 5.56 Å². The second kappa shape index (κ2) is 18.4. The molecule has 14 nitrogen and oxygen atoms in total. The third-order valence-corrected chi connectivity index (χ3v) is 15.9. The molecule has 14 aromatic rings. The van der Waals surface area contributed by atoms with Gasteiger partial charge in [-0.2, -0.15) is 47.4 Å². The summed E-state index contributed by atoms with van der Waals surface area (Å²) in [7, 11) is 0. The molecule has 14 heteroatoms. The Hall–Kier alpha value is -13.3. The summed E-state index contributed by atoms with van der Waals surface area (Å²) in [5.74, 6) is 0. The second-order valence-corrected chi connectivity index (χ2v) is 20.5. The fourth-order valence-electron chi connectivity index (χ4n) is 12.5. The lowest BCUT2D eigenvalue weighted by Gasteiger charge is -2.29. The largest absolute Gasteiger partial charge is 0.307 e. The van der Waals surface area contributed by atoms with E-state index in [9.17, 15) is 47.4 Å². The summed E-state index contributed by atoms with van der Waals surface area (Å²) < 4.78 is 8.17. The number of pyridine rings is 1. The molecule has 0 aliphatic heterocycles. The van der Waals surface area contributed by atoms with E-state index >= 15 is 0 Å². The molecular weight excluding hydrogens is 1040 g/mol. The zero-order chi connectivity index (χ0) is 57.8. The number of benzene rings is 9. The molecular formula is C70H32N14. The van der Waals surface area contributed by atoms with Crippen molar-refractivity contribution in [2.45, 2.75) is 13.8 Å². The van der Waals surface area contributed by atoms with Crippen molar-refractivity contribution < 1.29 is 0 Å². The first-order valence-corrected chi connectivity index (χ1v) is 26.2. The number of rotatable bonds is 5. The first-order chi connectivity index (χ1) is 41.0. The lowest BCUT2D eigenvalue weighted by molar-refractivity contribution is 1.03. The Morgan fingerprint density at radius 1 is 0.262 bits per heavy atom. The zero-order valence-electron chi connectivity index (χ0n) is 44.3. The molecule has 0 saturated heterocycles. The fourth-order valence-corrected chi connectivity index (χ4v) is 12.5. The Morgan fingerprint density at radius 2 is 0.488 bits per heavy atom. The number of nitriles is 9. The van der Waals surface area contributed by atoms with Gasteiger partial charge in [-0.25, -0.2) is 0 Å². The average Bonchev–Trinajstić information content (AvgIpc) is 1.49. The highest BCUT2D eigenvalue weighted by Crippen LogP contribution is 2.52. The van der Waals surface area contributed by atoms with Crippen LogP contribution in [-0.4, -0.2) is 23.3 Å². The van der Waals surface area contributed by atoms with Crippen LogP contribution in [-0.2, 0) is 0 Å². The number of nitrogens with zero attached hydrogens (tertiary/aromatic N) is 14. The Morgan fingerprint density at radius 3 is 0.726 bits per heavy atom. The van der Waals surface area contributed by atoms with Crippen LogP contribution in [0.3, 0.4) is 0 Å². The molecule has 5 heterocycles. The highest BCUT2D eigenvalue weighted by molar-refractivity contribution is 6.18. The van der Waals surface area contributed by atoms with E-state index in [0.717, 1.165) is 0 Å². The van der Waals surface area contributed by atoms with Crippen molar-refractivity contribution in [1.29, 1.82) is 47.4 Å². The summed E-state index contributed by atoms with van der Waals surface area (Å²) in [6, 6.07) is 68.0. The summed E-state index contributed by atoms with van der Waals surface area (Å²) in [6.07, 6.45) is 0. The number of hydrogen-bond acceptors (Lipinski definition) is 10. The van der Waals surface area contributed by atoms with Crippen molar-refractivity contribution in [2.24, 2.45) is 0 Å². The maximum atomic E-state index is 12.8. The fraction of sp³-hybridized carbons (Fsp3) is 0.0286. The van der Waals surface area contributed by atoms with Gasteiger partial charge in [0.15, 0.2) is 0 Å². The van der Waals surface area contributed by atoms with E-state index in [0.29, 0.717) is 177 Å². The van der Waals surface area contributed by atoms with Crippen LogP contribution in [0.25, 0.3) is 121 Å². The van der Waals surface area contributed by atoms with Gasteiger partial charge in [0.1, 0.15) is 11.6 Å². The quantitative estimate of drug-likeness (QED) is 0.158. The normalized spacial score (nSPS) is 11.1. The van der Waals surface area contributed by atoms with E-state index < -0.39 is 0 Å². The van der Waals surface area contributed by atoms with Crippen molar-refractivity contribution in [1.82, 2.24) is 23.3 Å². The van der Waals surface area contributed by atoms with E-state index in [2.05, 4.69) is 63.8 Å². The molecule has 0 saturated carbocycles. The van der Waals surface area contributed by atoms with Crippen LogP contribution in [0.4, 0.5) is 0 Å². The molecule has 0 aliphatic carbocycles. The lowest BCUT2D eigenvalue weighted by atomic mass is 9.92. The van der Waals surface area contributed by atoms with Crippen LogP contribution in [0.5, 0.6) is 0 Å². The topological polar surface area (TPSA) is 247 Å². The standard InChI is InChI=1S/C70H32N14/c1-38-19-48(20-39(2)80-38)66-67(81-58-11-3-40(29-71)21-49(58)50-22-41(30-72)4-12-59(50)81)57(37-79)68(82-60-13-5-42(31-73)23-51(60)52-24-43(32-74)6-14-61(52)82)70(84-64-17-9-46(35-77)27-55(64)56-28-47(36-78)10-18-65(56)84)69(66)83-62-15-7-44(33-75)25-53(62)54-26-45(34-76)8-16-63(54)83/h3-28H,1-2H3. The number of aromatic nitrogens is 5. The summed E-state index contributed by atoms with van der Waals surface area (Å²) in [4.78, 5) is 4.90. The maximum Gasteiger partial charge on any atom is 0.104 e. The molecule has 84 heavy (non-hydrogen) atoms. The first-order valence-electron chi connectivity index (χ1n) is 26.2. The molecule has 0 radical (unpaired) electrons. The maximum absolute atomic E-state index is 12.8. The van der Waals surface area contributed by atoms with Crippen molar-refractivity contribution in [3.63, 3.8) is 0 Å². The molecule has 0 fully saturated rings. The van der Waals surface area contributed by atoms with Crippen LogP contribution in [0, 0.1) is 116 Å². The highest BCUT2D eigenvalue weighted by Gasteiger charge is 2.36. The minimum Gasteiger partial charge on any atom is -0.307 e. The molecule has 0 unspecified atom stereocenters. The zero-order valence-corrected chi connectivity index (χ0v) is 44.3. The van der Waals surface area contributed by atoms with E-state index in [1.807, 2.05) is 83.6 Å². The van der Waals surface area contributed by atoms with Crippen molar-refractivity contribution in [3.8, 4) is 88.5 Å². The van der Waals surface area contributed by atoms with Crippen LogP contribution in [0.2, 0.25) is 0 Å². The van der Waals surface area contributed by atoms with Gasteiger partial charge < -0.3 is 18.3 Å². The minimum absolute atomic E-state index is 0.132. The van der Waals surface area contributed by atoms with Gasteiger partial charge >= 0.3 is 0 Å². The summed E-state index contributed by atoms with van der Waals surface area (Å²) in [6.45, 7) is 3.79. The SMILES string of the molecule is Cc1cc(-c2c(-n3c4ccc(C#N)cc4c4cc(C#N)ccc43)c(C#N)c(-n3c4ccc(C#N)cc4c4cc(C#N)ccc43)c(-n3c4ccc(C#N)cc4c4cc(C#N)ccc43)c2-n2c3ccc(C#N)cc3c3cc(C#N)ccc32)cc(C)n1. The molecule has 0 N–H and O–H groups in total. The number of aryl methyl sites for hydroxylation is 2. The van der Waals surface area contributed by atoms with Gasteiger partial charge in [0.2, 0.25) is 0 Å². The average molecular weight is 1070 g/mol. The number of hydrogen-bond donors (Lipinski definition) is 0. The monoisotopic (exact) mass is 1070 g/mol. The Balaban J connectivity index is 1.39. The van der Waals surface area contributed by atoms with Crippen LogP contribution >= 0.6 is 0 Å². The predicted octanol–water partition coefficient (Wildman–Crippen LogP) is 14.6. The number of fused-ring (bicyclic) bond motifs is 12. The van der Waals surface area contributed by atoms with Gasteiger partial charge in [-0.1, -0.05) is 0 Å². The van der Waals surface area contributed by atoms with E-state index in [1.54, 1.807) is 97.1 Å². The molecule has 0 spiro atoms. The second-order valence-electron chi connectivity index (χ2n) is 20.5. The van der Waals surface area contributed by atoms with Crippen molar-refractivity contribution in [3.05, 3.63) is 219 Å². The van der Waals surface area contributed by atoms with Crippen molar-refractivity contribution >= 4 is 87.2 Å². The minimum atomic E-state index is 0.132. The molecule has 0 amide bonds. The van der Waals surface area contributed by atoms with Crippen LogP contribution in [0.1, 0.15) is 61.5 Å². The summed E-state index contributed by atoms with van der Waals surface area (Å²) in [5, 5.41) is 102. The van der Waals surface area contributed by atoms with Crippen LogP contribution in [0.15, 0.2) is 158 Å². The Bertz CT molecular complexity index is 5530. The molecule has 382 valence electrons. The Labute approximate surface area is 477 Å². The van der Waals surface area contributed by atoms with Gasteiger partial charge in [0, 0.05) is 60.0 Å². The van der Waals surface area contributed by atoms with Gasteiger partial charge in [0.05, 0.1) is 160 Å². The van der Waals surface area contributed by atoms with Crippen LogP contribution < -0.4 is 0 Å². The first kappa shape index (κ1) is 49.1. The molecule has 0 bridgehead atoms. The molecule has 14 rings (SSSR count). The molecule has 9 aromatic carbocycles. The molecule has 0 aliphatic rings. The predicted molar refractivity (Wildman–Crippen MR) is 319 cm³/mol.